The Bertz CT molecular complexity index is 1040. The van der Waals surface area contributed by atoms with E-state index in [-0.39, 0.29) is 17.9 Å². The van der Waals surface area contributed by atoms with Crippen LogP contribution in [-0.4, -0.2) is 23.3 Å². The Morgan fingerprint density at radius 1 is 1.10 bits per heavy atom. The van der Waals surface area contributed by atoms with E-state index in [9.17, 15) is 19.8 Å². The Morgan fingerprint density at radius 2 is 1.86 bits per heavy atom. The molecule has 0 saturated carbocycles. The molecule has 1 unspecified atom stereocenters. The number of carbonyl (C=O) groups is 1. The van der Waals surface area contributed by atoms with Crippen LogP contribution in [-0.2, 0) is 15.3 Å². The summed E-state index contributed by atoms with van der Waals surface area (Å²) < 4.78 is 10.6. The Hall–Kier alpha value is -3.19. The summed E-state index contributed by atoms with van der Waals surface area (Å²) in [6.45, 7) is 0. The van der Waals surface area contributed by atoms with Gasteiger partial charge in [0.2, 0.25) is 11.2 Å². The van der Waals surface area contributed by atoms with Crippen molar-refractivity contribution in [3.63, 3.8) is 0 Å². The van der Waals surface area contributed by atoms with E-state index < -0.39 is 23.1 Å². The van der Waals surface area contributed by atoms with Crippen molar-refractivity contribution in [2.24, 2.45) is 0 Å². The fraction of sp³-hybridized carbons (Fsp3) is 0.182. The Labute approximate surface area is 171 Å². The van der Waals surface area contributed by atoms with Crippen molar-refractivity contribution < 1.29 is 24.2 Å². The number of rotatable bonds is 7. The van der Waals surface area contributed by atoms with Crippen molar-refractivity contribution in [3.05, 3.63) is 88.0 Å². The number of benzene rings is 2. The lowest BCUT2D eigenvalue weighted by Gasteiger charge is -2.17. The first-order valence-electron chi connectivity index (χ1n) is 8.87. The molecule has 2 aromatic carbocycles. The third-order valence-electron chi connectivity index (χ3n) is 4.31. The zero-order valence-electron chi connectivity index (χ0n) is 15.7. The number of hydrogen-bond acceptors (Lipinski definition) is 7. The van der Waals surface area contributed by atoms with Crippen LogP contribution in [0.15, 0.2) is 74.8 Å². The molecule has 0 radical (unpaired) electrons. The van der Waals surface area contributed by atoms with Crippen molar-refractivity contribution in [2.75, 3.05) is 7.11 Å². The van der Waals surface area contributed by atoms with Crippen LogP contribution in [0, 0.1) is 0 Å². The van der Waals surface area contributed by atoms with Gasteiger partial charge >= 0.3 is 5.97 Å². The first-order valence-corrected chi connectivity index (χ1v) is 9.86. The minimum Gasteiger partial charge on any atom is -0.508 e. The lowest BCUT2D eigenvalue weighted by Crippen LogP contribution is -2.14. The van der Waals surface area contributed by atoms with E-state index >= 15 is 0 Å². The summed E-state index contributed by atoms with van der Waals surface area (Å²) in [4.78, 5) is 25.3. The Balaban J connectivity index is 1.98. The molecule has 0 aliphatic rings. The number of aromatic hydroxyl groups is 2. The molecule has 7 heteroatoms. The molecule has 3 rings (SSSR count). The Kier molecular flexibility index (Phi) is 6.61. The minimum absolute atomic E-state index is 0.00464. The van der Waals surface area contributed by atoms with E-state index in [1.165, 1.54) is 37.1 Å². The molecule has 2 N–H and O–H groups in total. The highest BCUT2D eigenvalue weighted by Crippen LogP contribution is 2.35. The van der Waals surface area contributed by atoms with Crippen LogP contribution < -0.4 is 5.43 Å². The van der Waals surface area contributed by atoms with Gasteiger partial charge in [0.1, 0.15) is 11.5 Å². The summed E-state index contributed by atoms with van der Waals surface area (Å²) >= 11 is 1.48. The van der Waals surface area contributed by atoms with Gasteiger partial charge in [0, 0.05) is 11.0 Å². The van der Waals surface area contributed by atoms with Gasteiger partial charge in [-0.3, -0.25) is 9.59 Å². The van der Waals surface area contributed by atoms with Gasteiger partial charge in [0.05, 0.1) is 25.2 Å². The van der Waals surface area contributed by atoms with Gasteiger partial charge in [0.25, 0.3) is 0 Å². The quantitative estimate of drug-likeness (QED) is 0.446. The van der Waals surface area contributed by atoms with Gasteiger partial charge in [-0.2, -0.15) is 0 Å². The number of phenolic OH excluding ortho intramolecular Hbond substituents is 1. The van der Waals surface area contributed by atoms with Gasteiger partial charge in [0.15, 0.2) is 5.76 Å². The third kappa shape index (κ3) is 5.20. The van der Waals surface area contributed by atoms with Crippen molar-refractivity contribution in [3.8, 4) is 11.5 Å². The number of ether oxygens (including phenoxy) is 1. The first-order chi connectivity index (χ1) is 14.0. The van der Waals surface area contributed by atoms with E-state index in [0.29, 0.717) is 17.1 Å². The van der Waals surface area contributed by atoms with Gasteiger partial charge in [-0.25, -0.2) is 0 Å². The second kappa shape index (κ2) is 9.34. The topological polar surface area (TPSA) is 97.0 Å². The molecule has 1 heterocycles. The summed E-state index contributed by atoms with van der Waals surface area (Å²) in [5.41, 5.74) is -0.0772. The molecule has 0 bridgehead atoms. The Morgan fingerprint density at radius 3 is 2.55 bits per heavy atom. The number of esters is 1. The van der Waals surface area contributed by atoms with Crippen LogP contribution in [0.1, 0.15) is 29.4 Å². The zero-order valence-corrected chi connectivity index (χ0v) is 16.5. The SMILES string of the molecule is COC(=O)CC(c1cccc(O)c1)c1oc(CSc2ccccc2)cc(=O)c1O. The molecule has 150 valence electrons. The van der Waals surface area contributed by atoms with E-state index in [0.717, 1.165) is 4.90 Å². The normalized spacial score (nSPS) is 11.8. The van der Waals surface area contributed by atoms with E-state index in [1.54, 1.807) is 12.1 Å². The average Bonchev–Trinajstić information content (AvgIpc) is 2.73. The molecule has 0 aliphatic carbocycles. The molecular weight excluding hydrogens is 392 g/mol. The van der Waals surface area contributed by atoms with Crippen LogP contribution in [0.5, 0.6) is 11.5 Å². The molecule has 0 spiro atoms. The average molecular weight is 412 g/mol. The summed E-state index contributed by atoms with van der Waals surface area (Å²) in [6, 6.07) is 17.1. The highest BCUT2D eigenvalue weighted by molar-refractivity contribution is 7.98. The second-order valence-corrected chi connectivity index (χ2v) is 7.37. The number of hydrogen-bond donors (Lipinski definition) is 2. The van der Waals surface area contributed by atoms with Gasteiger partial charge in [-0.15, -0.1) is 11.8 Å². The molecule has 0 fully saturated rings. The highest BCUT2D eigenvalue weighted by atomic mass is 32.2. The molecule has 6 nitrogen and oxygen atoms in total. The molecule has 0 saturated heterocycles. The molecular formula is C22H20O6S. The summed E-state index contributed by atoms with van der Waals surface area (Å²) in [5.74, 6) is -1.18. The predicted octanol–water partition coefficient (Wildman–Crippen LogP) is 4.04. The number of phenols is 1. The highest BCUT2D eigenvalue weighted by Gasteiger charge is 2.26. The lowest BCUT2D eigenvalue weighted by molar-refractivity contribution is -0.140. The standard InChI is InChI=1S/C22H20O6S/c1-27-20(25)12-18(14-6-5-7-15(23)10-14)22-21(26)19(24)11-16(28-22)13-29-17-8-3-2-4-9-17/h2-11,18,23,26H,12-13H2,1H3. The number of carbonyl (C=O) groups excluding carboxylic acids is 1. The van der Waals surface area contributed by atoms with Crippen molar-refractivity contribution >= 4 is 17.7 Å². The number of thioether (sulfide) groups is 1. The van der Waals surface area contributed by atoms with Crippen LogP contribution in [0.3, 0.4) is 0 Å². The minimum atomic E-state index is -0.788. The van der Waals surface area contributed by atoms with E-state index in [4.69, 9.17) is 9.15 Å². The van der Waals surface area contributed by atoms with Gasteiger partial charge in [-0.1, -0.05) is 30.3 Å². The van der Waals surface area contributed by atoms with Crippen molar-refractivity contribution in [1.82, 2.24) is 0 Å². The van der Waals surface area contributed by atoms with Crippen molar-refractivity contribution in [2.45, 2.75) is 23.0 Å². The summed E-state index contributed by atoms with van der Waals surface area (Å²) in [6.07, 6.45) is -0.161. The first kappa shape index (κ1) is 20.5. The molecule has 1 aromatic heterocycles. The van der Waals surface area contributed by atoms with Crippen LogP contribution in [0.4, 0.5) is 0 Å². The fourth-order valence-electron chi connectivity index (χ4n) is 2.89. The third-order valence-corrected chi connectivity index (χ3v) is 5.35. The molecule has 0 aliphatic heterocycles. The largest absolute Gasteiger partial charge is 0.508 e. The second-order valence-electron chi connectivity index (χ2n) is 6.32. The zero-order chi connectivity index (χ0) is 20.8. The maximum atomic E-state index is 12.3. The molecule has 3 aromatic rings. The maximum absolute atomic E-state index is 12.3. The van der Waals surface area contributed by atoms with E-state index in [1.807, 2.05) is 30.3 Å². The molecule has 1 atom stereocenters. The molecule has 29 heavy (non-hydrogen) atoms. The van der Waals surface area contributed by atoms with Crippen molar-refractivity contribution in [1.29, 1.82) is 0 Å². The van der Waals surface area contributed by atoms with E-state index in [2.05, 4.69) is 0 Å². The lowest BCUT2D eigenvalue weighted by atomic mass is 9.92. The summed E-state index contributed by atoms with van der Waals surface area (Å²) in [5, 5.41) is 20.2. The summed E-state index contributed by atoms with van der Waals surface area (Å²) in [7, 11) is 1.25. The number of methoxy groups -OCH3 is 1. The monoisotopic (exact) mass is 412 g/mol. The van der Waals surface area contributed by atoms with Crippen LogP contribution >= 0.6 is 11.8 Å². The predicted molar refractivity (Wildman–Crippen MR) is 109 cm³/mol. The van der Waals surface area contributed by atoms with Crippen LogP contribution in [0.25, 0.3) is 0 Å². The maximum Gasteiger partial charge on any atom is 0.306 e. The smallest absolute Gasteiger partial charge is 0.306 e. The molecule has 0 amide bonds. The van der Waals surface area contributed by atoms with Gasteiger partial charge in [-0.05, 0) is 29.8 Å². The van der Waals surface area contributed by atoms with Gasteiger partial charge < -0.3 is 19.4 Å². The fourth-order valence-corrected chi connectivity index (χ4v) is 3.69. The van der Waals surface area contributed by atoms with Crippen LogP contribution in [0.2, 0.25) is 0 Å².